The fraction of sp³-hybridized carbons (Fsp3) is 0.381. The first-order chi connectivity index (χ1) is 10.8. The van der Waals surface area contributed by atoms with Gasteiger partial charge in [-0.2, -0.15) is 0 Å². The van der Waals surface area contributed by atoms with Crippen LogP contribution in [0.2, 0.25) is 0 Å². The van der Waals surface area contributed by atoms with Crippen molar-refractivity contribution in [3.63, 3.8) is 0 Å². The van der Waals surface area contributed by atoms with E-state index in [2.05, 4.69) is 24.6 Å². The van der Waals surface area contributed by atoms with E-state index in [-0.39, 0.29) is 0 Å². The Labute approximate surface area is 137 Å². The van der Waals surface area contributed by atoms with E-state index in [9.17, 15) is 0 Å². The van der Waals surface area contributed by atoms with Crippen LogP contribution in [0.1, 0.15) is 54.0 Å². The fourth-order valence-corrected chi connectivity index (χ4v) is 1.96. The number of hydrogen-bond acceptors (Lipinski definition) is 1. The van der Waals surface area contributed by atoms with Gasteiger partial charge in [0.1, 0.15) is 0 Å². The zero-order chi connectivity index (χ0) is 17.5. The van der Waals surface area contributed by atoms with Crippen LogP contribution in [0.3, 0.4) is 0 Å². The zero-order valence-corrected chi connectivity index (χ0v) is 15.7. The molecule has 0 unspecified atom stereocenters. The highest BCUT2D eigenvalue weighted by Crippen LogP contribution is 2.10. The normalized spacial score (nSPS) is 10.5. The molecule has 0 saturated heterocycles. The molecule has 2 rings (SSSR count). The maximum Gasteiger partial charge on any atom is 0.0712 e. The molecule has 0 saturated carbocycles. The molecule has 122 valence electrons. The molecule has 0 aliphatic heterocycles. The van der Waals surface area contributed by atoms with E-state index in [1.807, 2.05) is 84.9 Å². The summed E-state index contributed by atoms with van der Waals surface area (Å²) in [5, 5.41) is 3.40. The summed E-state index contributed by atoms with van der Waals surface area (Å²) in [4.78, 5) is 4.64. The zero-order valence-electron chi connectivity index (χ0n) is 15.7. The highest BCUT2D eigenvalue weighted by Gasteiger charge is 2.00. The summed E-state index contributed by atoms with van der Waals surface area (Å²) in [6.45, 7) is 19.9. The summed E-state index contributed by atoms with van der Waals surface area (Å²) in [7, 11) is 0. The standard InChI is InChI=1S/C15H15N.3C2H6/c1-4-8-12-11(3)13-9-6-7-10-15(13)16-14(12)5-2;3*1-2/h4-10H,1H2,2-3H3;3*1-2H3/b12-8-,14-5+;;;. The van der Waals surface area contributed by atoms with Crippen LogP contribution >= 0.6 is 0 Å². The Balaban J connectivity index is 0. The van der Waals surface area contributed by atoms with Gasteiger partial charge in [-0.05, 0) is 25.5 Å². The molecular formula is C21H33N. The lowest BCUT2D eigenvalue weighted by atomic mass is 10.1. The highest BCUT2D eigenvalue weighted by molar-refractivity contribution is 5.82. The monoisotopic (exact) mass is 299 g/mol. The van der Waals surface area contributed by atoms with Crippen LogP contribution in [0.5, 0.6) is 0 Å². The largest absolute Gasteiger partial charge is 0.248 e. The average Bonchev–Trinajstić information content (AvgIpc) is 2.62. The van der Waals surface area contributed by atoms with Gasteiger partial charge in [-0.1, -0.05) is 84.5 Å². The fourth-order valence-electron chi connectivity index (χ4n) is 1.96. The second-order valence-electron chi connectivity index (χ2n) is 3.74. The van der Waals surface area contributed by atoms with Gasteiger partial charge < -0.3 is 0 Å². The lowest BCUT2D eigenvalue weighted by Crippen LogP contribution is -2.30. The molecule has 1 nitrogen and oxygen atoms in total. The molecule has 1 aromatic carbocycles. The van der Waals surface area contributed by atoms with Crippen LogP contribution in [0.25, 0.3) is 23.1 Å². The van der Waals surface area contributed by atoms with Crippen LogP contribution in [0.4, 0.5) is 0 Å². The van der Waals surface area contributed by atoms with Gasteiger partial charge in [0.05, 0.1) is 10.9 Å². The molecule has 0 amide bonds. The summed E-state index contributed by atoms with van der Waals surface area (Å²) in [5.41, 5.74) is 2.31. The Bertz CT molecular complexity index is 651. The number of fused-ring (bicyclic) bond motifs is 1. The van der Waals surface area contributed by atoms with Crippen LogP contribution in [0.15, 0.2) is 36.9 Å². The van der Waals surface area contributed by atoms with Crippen molar-refractivity contribution in [3.05, 3.63) is 53.1 Å². The number of benzene rings is 1. The Morgan fingerprint density at radius 3 is 2.00 bits per heavy atom. The van der Waals surface area contributed by atoms with Gasteiger partial charge in [-0.25, -0.2) is 4.98 Å². The van der Waals surface area contributed by atoms with Gasteiger partial charge in [-0.3, -0.25) is 0 Å². The van der Waals surface area contributed by atoms with Crippen molar-refractivity contribution in [3.8, 4) is 0 Å². The quantitative estimate of drug-likeness (QED) is 0.688. The van der Waals surface area contributed by atoms with Crippen molar-refractivity contribution in [1.29, 1.82) is 0 Å². The number of aromatic nitrogens is 1. The van der Waals surface area contributed by atoms with Crippen molar-refractivity contribution >= 4 is 23.1 Å². The van der Waals surface area contributed by atoms with Crippen LogP contribution in [-0.2, 0) is 0 Å². The second-order valence-corrected chi connectivity index (χ2v) is 3.74. The molecule has 1 heteroatoms. The SMILES string of the molecule is C=C/C=c1/c(C)c2ccccc2n/c1=C/C.CC.CC.CC. The summed E-state index contributed by atoms with van der Waals surface area (Å²) in [5.74, 6) is 0. The average molecular weight is 300 g/mol. The minimum atomic E-state index is 1.02. The molecule has 22 heavy (non-hydrogen) atoms. The van der Waals surface area contributed by atoms with Gasteiger partial charge in [0, 0.05) is 10.6 Å². The van der Waals surface area contributed by atoms with Crippen molar-refractivity contribution in [2.24, 2.45) is 0 Å². The van der Waals surface area contributed by atoms with E-state index in [4.69, 9.17) is 0 Å². The van der Waals surface area contributed by atoms with Crippen LogP contribution < -0.4 is 10.6 Å². The van der Waals surface area contributed by atoms with E-state index in [0.717, 1.165) is 16.1 Å². The van der Waals surface area contributed by atoms with E-state index >= 15 is 0 Å². The van der Waals surface area contributed by atoms with Crippen LogP contribution in [-0.4, -0.2) is 4.98 Å². The number of aryl methyl sites for hydroxylation is 1. The lowest BCUT2D eigenvalue weighted by Gasteiger charge is -2.03. The summed E-state index contributed by atoms with van der Waals surface area (Å²) in [6, 6.07) is 8.22. The number of para-hydroxylation sites is 1. The predicted molar refractivity (Wildman–Crippen MR) is 105 cm³/mol. The topological polar surface area (TPSA) is 12.9 Å². The molecule has 1 aromatic heterocycles. The summed E-state index contributed by atoms with van der Waals surface area (Å²) in [6.07, 6.45) is 5.87. The Hall–Kier alpha value is -1.89. The number of pyridine rings is 1. The van der Waals surface area contributed by atoms with Gasteiger partial charge in [-0.15, -0.1) is 0 Å². The number of rotatable bonds is 1. The third-order valence-electron chi connectivity index (χ3n) is 2.79. The van der Waals surface area contributed by atoms with Gasteiger partial charge in [0.25, 0.3) is 0 Å². The van der Waals surface area contributed by atoms with E-state index in [0.29, 0.717) is 0 Å². The maximum absolute atomic E-state index is 4.64. The summed E-state index contributed by atoms with van der Waals surface area (Å²) < 4.78 is 0. The predicted octanol–water partition coefficient (Wildman–Crippen LogP) is 5.39. The van der Waals surface area contributed by atoms with Gasteiger partial charge in [0.15, 0.2) is 0 Å². The highest BCUT2D eigenvalue weighted by atomic mass is 14.7. The third kappa shape index (κ3) is 5.85. The van der Waals surface area contributed by atoms with Crippen molar-refractivity contribution in [2.45, 2.75) is 55.4 Å². The molecular weight excluding hydrogens is 266 g/mol. The van der Waals surface area contributed by atoms with E-state index in [1.165, 1.54) is 10.9 Å². The maximum atomic E-state index is 4.64. The Morgan fingerprint density at radius 2 is 1.50 bits per heavy atom. The molecule has 0 aliphatic rings. The van der Waals surface area contributed by atoms with Crippen LogP contribution in [0, 0.1) is 6.92 Å². The number of hydrogen-bond donors (Lipinski definition) is 0. The number of nitrogens with zero attached hydrogens (tertiary/aromatic N) is 1. The van der Waals surface area contributed by atoms with Gasteiger partial charge in [0.2, 0.25) is 0 Å². The smallest absolute Gasteiger partial charge is 0.0712 e. The first-order valence-corrected chi connectivity index (χ1v) is 8.42. The molecule has 1 heterocycles. The minimum Gasteiger partial charge on any atom is -0.248 e. The van der Waals surface area contributed by atoms with Crippen molar-refractivity contribution < 1.29 is 0 Å². The third-order valence-corrected chi connectivity index (χ3v) is 2.79. The lowest BCUT2D eigenvalue weighted by molar-refractivity contribution is 1.24. The molecule has 0 atom stereocenters. The van der Waals surface area contributed by atoms with E-state index in [1.54, 1.807) is 0 Å². The second kappa shape index (κ2) is 14.1. The molecule has 0 fully saturated rings. The first kappa shape index (κ1) is 22.4. The Kier molecular flexibility index (Phi) is 14.3. The Morgan fingerprint density at radius 1 is 0.955 bits per heavy atom. The molecule has 0 bridgehead atoms. The van der Waals surface area contributed by atoms with Crippen molar-refractivity contribution in [2.75, 3.05) is 0 Å². The van der Waals surface area contributed by atoms with E-state index < -0.39 is 0 Å². The molecule has 0 radical (unpaired) electrons. The molecule has 0 spiro atoms. The van der Waals surface area contributed by atoms with Gasteiger partial charge >= 0.3 is 0 Å². The minimum absolute atomic E-state index is 1.02. The first-order valence-electron chi connectivity index (χ1n) is 8.42. The molecule has 0 N–H and O–H groups in total. The molecule has 0 aliphatic carbocycles. The molecule has 2 aromatic rings. The summed E-state index contributed by atoms with van der Waals surface area (Å²) >= 11 is 0. The van der Waals surface area contributed by atoms with Crippen molar-refractivity contribution in [1.82, 2.24) is 4.98 Å². The number of allylic oxidation sites excluding steroid dienone is 1.